The highest BCUT2D eigenvalue weighted by atomic mass is 19.4. The lowest BCUT2D eigenvalue weighted by molar-refractivity contribution is -0.140. The van der Waals surface area contributed by atoms with Gasteiger partial charge in [-0.05, 0) is 42.9 Å². The van der Waals surface area contributed by atoms with Crippen LogP contribution in [0.15, 0.2) is 18.2 Å². The predicted octanol–water partition coefficient (Wildman–Crippen LogP) is 4.17. The van der Waals surface area contributed by atoms with Gasteiger partial charge >= 0.3 is 6.18 Å². The van der Waals surface area contributed by atoms with E-state index >= 15 is 0 Å². The van der Waals surface area contributed by atoms with E-state index in [-0.39, 0.29) is 0 Å². The summed E-state index contributed by atoms with van der Waals surface area (Å²) in [5, 5.41) is 3.61. The van der Waals surface area contributed by atoms with Gasteiger partial charge in [0.15, 0.2) is 0 Å². The number of alkyl halides is 3. The van der Waals surface area contributed by atoms with Gasteiger partial charge in [-0.25, -0.2) is 4.98 Å². The molecule has 3 rings (SSSR count). The molecule has 0 saturated heterocycles. The summed E-state index contributed by atoms with van der Waals surface area (Å²) >= 11 is 0. The molecule has 0 aliphatic heterocycles. The maximum absolute atomic E-state index is 13.0. The second kappa shape index (κ2) is 4.65. The molecular formula is C15H15F3N2. The molecule has 5 heteroatoms. The van der Waals surface area contributed by atoms with Crippen molar-refractivity contribution >= 4 is 16.6 Å². The van der Waals surface area contributed by atoms with E-state index in [2.05, 4.69) is 10.3 Å². The molecule has 0 saturated carbocycles. The molecule has 0 bridgehead atoms. The van der Waals surface area contributed by atoms with Crippen molar-refractivity contribution in [1.82, 2.24) is 4.98 Å². The highest BCUT2D eigenvalue weighted by Gasteiger charge is 2.33. The lowest BCUT2D eigenvalue weighted by atomic mass is 9.89. The highest BCUT2D eigenvalue weighted by molar-refractivity contribution is 5.94. The molecule has 0 amide bonds. The van der Waals surface area contributed by atoms with Crippen molar-refractivity contribution in [2.75, 3.05) is 12.4 Å². The number of rotatable bonds is 1. The molecule has 20 heavy (non-hydrogen) atoms. The summed E-state index contributed by atoms with van der Waals surface area (Å²) in [6, 6.07) is 4.97. The van der Waals surface area contributed by atoms with E-state index < -0.39 is 11.9 Å². The first-order chi connectivity index (χ1) is 9.50. The molecule has 106 valence electrons. The number of aromatic nitrogens is 1. The van der Waals surface area contributed by atoms with Crippen molar-refractivity contribution in [3.05, 3.63) is 35.0 Å². The first kappa shape index (κ1) is 13.2. The minimum absolute atomic E-state index is 0.482. The number of benzene rings is 1. The van der Waals surface area contributed by atoms with Gasteiger partial charge in [-0.3, -0.25) is 0 Å². The molecule has 1 aliphatic carbocycles. The van der Waals surface area contributed by atoms with Gasteiger partial charge in [0.25, 0.3) is 0 Å². The monoisotopic (exact) mass is 280 g/mol. The molecule has 0 unspecified atom stereocenters. The van der Waals surface area contributed by atoms with E-state index in [9.17, 15) is 13.2 Å². The van der Waals surface area contributed by atoms with Gasteiger partial charge in [-0.15, -0.1) is 0 Å². The maximum Gasteiger partial charge on any atom is 0.433 e. The van der Waals surface area contributed by atoms with Gasteiger partial charge in [-0.2, -0.15) is 13.2 Å². The molecule has 0 atom stereocenters. The number of aryl methyl sites for hydroxylation is 2. The van der Waals surface area contributed by atoms with Gasteiger partial charge < -0.3 is 5.32 Å². The molecule has 1 heterocycles. The van der Waals surface area contributed by atoms with Gasteiger partial charge in [0.05, 0.1) is 5.52 Å². The molecule has 1 aromatic heterocycles. The second-order valence-corrected chi connectivity index (χ2v) is 5.11. The molecule has 0 spiro atoms. The smallest absolute Gasteiger partial charge is 0.388 e. The van der Waals surface area contributed by atoms with E-state index in [1.54, 1.807) is 7.05 Å². The number of pyridine rings is 1. The zero-order valence-corrected chi connectivity index (χ0v) is 11.1. The van der Waals surface area contributed by atoms with Crippen molar-refractivity contribution in [2.24, 2.45) is 0 Å². The van der Waals surface area contributed by atoms with Crippen molar-refractivity contribution in [2.45, 2.75) is 31.9 Å². The van der Waals surface area contributed by atoms with Gasteiger partial charge in [0.2, 0.25) is 0 Å². The van der Waals surface area contributed by atoms with Crippen LogP contribution in [-0.4, -0.2) is 12.0 Å². The number of anilines is 1. The topological polar surface area (TPSA) is 24.9 Å². The van der Waals surface area contributed by atoms with Crippen molar-refractivity contribution in [1.29, 1.82) is 0 Å². The Labute approximate surface area is 115 Å². The van der Waals surface area contributed by atoms with Crippen LogP contribution in [0.3, 0.4) is 0 Å². The Hall–Kier alpha value is -1.78. The van der Waals surface area contributed by atoms with E-state index in [4.69, 9.17) is 0 Å². The third kappa shape index (κ3) is 2.11. The zero-order valence-electron chi connectivity index (χ0n) is 11.1. The summed E-state index contributed by atoms with van der Waals surface area (Å²) in [5.74, 6) is 0. The fraction of sp³-hybridized carbons (Fsp3) is 0.400. The fourth-order valence-electron chi connectivity index (χ4n) is 2.87. The molecule has 2 aromatic rings. The number of halogens is 3. The number of nitrogens with zero attached hydrogens (tertiary/aromatic N) is 1. The Morgan fingerprint density at radius 2 is 1.90 bits per heavy atom. The maximum atomic E-state index is 13.0. The van der Waals surface area contributed by atoms with Gasteiger partial charge in [0.1, 0.15) is 5.69 Å². The average molecular weight is 280 g/mol. The number of fused-ring (bicyclic) bond motifs is 3. The molecule has 1 aromatic carbocycles. The van der Waals surface area contributed by atoms with E-state index in [0.29, 0.717) is 11.2 Å². The fourth-order valence-corrected chi connectivity index (χ4v) is 2.87. The van der Waals surface area contributed by atoms with Crippen molar-refractivity contribution < 1.29 is 13.2 Å². The second-order valence-electron chi connectivity index (χ2n) is 5.11. The Balaban J connectivity index is 2.32. The number of hydrogen-bond acceptors (Lipinski definition) is 2. The average Bonchev–Trinajstić information content (AvgIpc) is 2.44. The van der Waals surface area contributed by atoms with Crippen LogP contribution in [0.4, 0.5) is 18.9 Å². The van der Waals surface area contributed by atoms with Crippen LogP contribution >= 0.6 is 0 Å². The van der Waals surface area contributed by atoms with Crippen LogP contribution in [-0.2, 0) is 19.0 Å². The largest absolute Gasteiger partial charge is 0.433 e. The SMILES string of the molecule is CNc1cc(C(F)(F)F)nc2c3c(ccc12)CCCC3. The summed E-state index contributed by atoms with van der Waals surface area (Å²) in [6.07, 6.45) is -0.575. The number of hydrogen-bond donors (Lipinski definition) is 1. The molecule has 1 N–H and O–H groups in total. The van der Waals surface area contributed by atoms with Crippen LogP contribution in [0.2, 0.25) is 0 Å². The molecule has 1 aliphatic rings. The first-order valence-corrected chi connectivity index (χ1v) is 6.71. The Kier molecular flexibility index (Phi) is 3.07. The third-order valence-electron chi connectivity index (χ3n) is 3.87. The standard InChI is InChI=1S/C15H15F3N2/c1-19-12-8-13(15(16,17)18)20-14-10-5-3-2-4-9(10)6-7-11(12)14/h6-8H,2-5H2,1H3,(H,19,20). The molecule has 2 nitrogen and oxygen atoms in total. The van der Waals surface area contributed by atoms with Crippen molar-refractivity contribution in [3.8, 4) is 0 Å². The Morgan fingerprint density at radius 1 is 1.15 bits per heavy atom. The minimum Gasteiger partial charge on any atom is -0.388 e. The number of nitrogens with one attached hydrogen (secondary N) is 1. The lowest BCUT2D eigenvalue weighted by Gasteiger charge is -2.19. The van der Waals surface area contributed by atoms with Crippen molar-refractivity contribution in [3.63, 3.8) is 0 Å². The van der Waals surface area contributed by atoms with Crippen LogP contribution in [0.25, 0.3) is 10.9 Å². The third-order valence-corrected chi connectivity index (χ3v) is 3.87. The summed E-state index contributed by atoms with van der Waals surface area (Å²) in [5.41, 5.74) is 2.28. The molecule has 0 fully saturated rings. The van der Waals surface area contributed by atoms with Gasteiger partial charge in [-0.1, -0.05) is 12.1 Å². The summed E-state index contributed by atoms with van der Waals surface area (Å²) in [6.45, 7) is 0. The summed E-state index contributed by atoms with van der Waals surface area (Å²) in [4.78, 5) is 3.90. The first-order valence-electron chi connectivity index (χ1n) is 6.71. The molecular weight excluding hydrogens is 265 g/mol. The van der Waals surface area contributed by atoms with Crippen LogP contribution in [0, 0.1) is 0 Å². The van der Waals surface area contributed by atoms with Crippen LogP contribution in [0.5, 0.6) is 0 Å². The Morgan fingerprint density at radius 3 is 2.60 bits per heavy atom. The predicted molar refractivity (Wildman–Crippen MR) is 72.9 cm³/mol. The van der Waals surface area contributed by atoms with Gasteiger partial charge in [0, 0.05) is 18.1 Å². The summed E-state index contributed by atoms with van der Waals surface area (Å²) in [7, 11) is 1.63. The quantitative estimate of drug-likeness (QED) is 0.848. The molecule has 0 radical (unpaired) electrons. The normalized spacial score (nSPS) is 15.2. The van der Waals surface area contributed by atoms with Crippen LogP contribution in [0.1, 0.15) is 29.7 Å². The Bertz CT molecular complexity index is 662. The van der Waals surface area contributed by atoms with Crippen LogP contribution < -0.4 is 5.32 Å². The minimum atomic E-state index is -4.42. The zero-order chi connectivity index (χ0) is 14.3. The lowest BCUT2D eigenvalue weighted by Crippen LogP contribution is -2.11. The van der Waals surface area contributed by atoms with E-state index in [1.165, 1.54) is 0 Å². The highest BCUT2D eigenvalue weighted by Crippen LogP contribution is 2.36. The van der Waals surface area contributed by atoms with E-state index in [1.807, 2.05) is 12.1 Å². The summed E-state index contributed by atoms with van der Waals surface area (Å²) < 4.78 is 38.9. The van der Waals surface area contributed by atoms with E-state index in [0.717, 1.165) is 48.3 Å².